The van der Waals surface area contributed by atoms with Crippen molar-refractivity contribution in [3.63, 3.8) is 0 Å². The Labute approximate surface area is 90.4 Å². The van der Waals surface area contributed by atoms with E-state index in [1.807, 2.05) is 0 Å². The molecular formula is C10H20N2OS. The van der Waals surface area contributed by atoms with Crippen LogP contribution in [0, 0.1) is 5.92 Å². The summed E-state index contributed by atoms with van der Waals surface area (Å²) in [5.74, 6) is 0.413. The van der Waals surface area contributed by atoms with Crippen LogP contribution in [-0.4, -0.2) is 37.0 Å². The van der Waals surface area contributed by atoms with Crippen molar-refractivity contribution in [2.75, 3.05) is 25.9 Å². The fourth-order valence-electron chi connectivity index (χ4n) is 1.55. The largest absolute Gasteiger partial charge is 0.355 e. The molecule has 1 aliphatic rings. The lowest BCUT2D eigenvalue weighted by Gasteiger charge is -2.22. The Morgan fingerprint density at radius 1 is 1.71 bits per heavy atom. The Morgan fingerprint density at radius 2 is 2.50 bits per heavy atom. The number of amides is 1. The first-order valence-electron chi connectivity index (χ1n) is 5.25. The van der Waals surface area contributed by atoms with Gasteiger partial charge in [-0.15, -0.1) is 0 Å². The number of rotatable bonds is 4. The maximum Gasteiger partial charge on any atom is 0.224 e. The van der Waals surface area contributed by atoms with Gasteiger partial charge in [-0.25, -0.2) is 0 Å². The summed E-state index contributed by atoms with van der Waals surface area (Å²) >= 11 is 1.78. The molecule has 0 radical (unpaired) electrons. The number of piperidine rings is 1. The third kappa shape index (κ3) is 3.88. The molecule has 2 N–H and O–H groups in total. The molecular weight excluding hydrogens is 196 g/mol. The summed E-state index contributed by atoms with van der Waals surface area (Å²) in [5.41, 5.74) is 0. The van der Waals surface area contributed by atoms with Gasteiger partial charge in [0, 0.05) is 18.3 Å². The Hall–Kier alpha value is -0.220. The van der Waals surface area contributed by atoms with E-state index in [9.17, 15) is 4.79 Å². The average molecular weight is 216 g/mol. The molecule has 1 amide bonds. The van der Waals surface area contributed by atoms with E-state index in [0.717, 1.165) is 32.5 Å². The van der Waals surface area contributed by atoms with E-state index in [0.29, 0.717) is 5.25 Å². The van der Waals surface area contributed by atoms with Crippen LogP contribution < -0.4 is 10.6 Å². The van der Waals surface area contributed by atoms with E-state index in [2.05, 4.69) is 23.8 Å². The molecule has 0 spiro atoms. The van der Waals surface area contributed by atoms with Gasteiger partial charge in [-0.2, -0.15) is 11.8 Å². The van der Waals surface area contributed by atoms with E-state index in [1.54, 1.807) is 11.8 Å². The first-order chi connectivity index (χ1) is 6.74. The minimum absolute atomic E-state index is 0.192. The van der Waals surface area contributed by atoms with Gasteiger partial charge in [0.2, 0.25) is 5.91 Å². The van der Waals surface area contributed by atoms with Crippen molar-refractivity contribution in [2.45, 2.75) is 25.0 Å². The molecule has 0 aromatic carbocycles. The van der Waals surface area contributed by atoms with Gasteiger partial charge in [-0.05, 0) is 25.6 Å². The minimum Gasteiger partial charge on any atom is -0.355 e. The molecule has 2 atom stereocenters. The van der Waals surface area contributed by atoms with Crippen LogP contribution in [-0.2, 0) is 4.79 Å². The highest BCUT2D eigenvalue weighted by atomic mass is 32.2. The first kappa shape index (κ1) is 11.9. The Kier molecular flexibility index (Phi) is 5.33. The summed E-state index contributed by atoms with van der Waals surface area (Å²) < 4.78 is 0. The van der Waals surface area contributed by atoms with E-state index in [-0.39, 0.29) is 11.8 Å². The molecule has 1 unspecified atom stereocenters. The summed E-state index contributed by atoms with van der Waals surface area (Å²) in [6.45, 7) is 4.82. The molecule has 1 rings (SSSR count). The fourth-order valence-corrected chi connectivity index (χ4v) is 1.80. The molecule has 1 aliphatic heterocycles. The highest BCUT2D eigenvalue weighted by molar-refractivity contribution is 7.99. The van der Waals surface area contributed by atoms with Crippen LogP contribution in [0.15, 0.2) is 0 Å². The SMILES string of the molecule is CSC(C)CNC(=O)[C@H]1CCCNC1. The molecule has 1 heterocycles. The van der Waals surface area contributed by atoms with Gasteiger partial charge in [0.05, 0.1) is 5.92 Å². The molecule has 3 nitrogen and oxygen atoms in total. The second-order valence-electron chi connectivity index (χ2n) is 3.83. The fraction of sp³-hybridized carbons (Fsp3) is 0.900. The number of carbonyl (C=O) groups excluding carboxylic acids is 1. The second kappa shape index (κ2) is 6.30. The second-order valence-corrected chi connectivity index (χ2v) is 5.11. The van der Waals surface area contributed by atoms with Gasteiger partial charge in [-0.1, -0.05) is 6.92 Å². The van der Waals surface area contributed by atoms with Gasteiger partial charge in [0.25, 0.3) is 0 Å². The van der Waals surface area contributed by atoms with Gasteiger partial charge < -0.3 is 10.6 Å². The molecule has 0 bridgehead atoms. The van der Waals surface area contributed by atoms with Crippen molar-refractivity contribution in [1.29, 1.82) is 0 Å². The molecule has 1 fully saturated rings. The number of hydrogen-bond donors (Lipinski definition) is 2. The van der Waals surface area contributed by atoms with E-state index in [4.69, 9.17) is 0 Å². The van der Waals surface area contributed by atoms with E-state index in [1.165, 1.54) is 0 Å². The van der Waals surface area contributed by atoms with Gasteiger partial charge in [0.1, 0.15) is 0 Å². The molecule has 0 saturated carbocycles. The quantitative estimate of drug-likeness (QED) is 0.732. The smallest absolute Gasteiger partial charge is 0.224 e. The standard InChI is InChI=1S/C10H20N2OS/c1-8(14-2)6-12-10(13)9-4-3-5-11-7-9/h8-9,11H,3-7H2,1-2H3,(H,12,13)/t8?,9-/m0/s1. The van der Waals surface area contributed by atoms with Crippen molar-refractivity contribution in [1.82, 2.24) is 10.6 Å². The minimum atomic E-state index is 0.192. The Balaban J connectivity index is 2.19. The summed E-state index contributed by atoms with van der Waals surface area (Å²) in [5, 5.41) is 6.76. The molecule has 82 valence electrons. The predicted molar refractivity (Wildman–Crippen MR) is 61.6 cm³/mol. The molecule has 0 aromatic heterocycles. The van der Waals surface area contributed by atoms with Crippen LogP contribution >= 0.6 is 11.8 Å². The molecule has 0 aliphatic carbocycles. The zero-order valence-electron chi connectivity index (χ0n) is 9.01. The highest BCUT2D eigenvalue weighted by Crippen LogP contribution is 2.10. The maximum absolute atomic E-state index is 11.7. The number of carbonyl (C=O) groups is 1. The Morgan fingerprint density at radius 3 is 3.07 bits per heavy atom. The number of thioether (sulfide) groups is 1. The summed E-state index contributed by atoms with van der Waals surface area (Å²) in [7, 11) is 0. The monoisotopic (exact) mass is 216 g/mol. The predicted octanol–water partition coefficient (Wildman–Crippen LogP) is 0.854. The molecule has 0 aromatic rings. The zero-order valence-corrected chi connectivity index (χ0v) is 9.82. The van der Waals surface area contributed by atoms with Crippen molar-refractivity contribution in [3.05, 3.63) is 0 Å². The topological polar surface area (TPSA) is 41.1 Å². The number of nitrogens with one attached hydrogen (secondary N) is 2. The van der Waals surface area contributed by atoms with Crippen LogP contribution in [0.1, 0.15) is 19.8 Å². The maximum atomic E-state index is 11.7. The van der Waals surface area contributed by atoms with Crippen molar-refractivity contribution < 1.29 is 4.79 Å². The van der Waals surface area contributed by atoms with Crippen molar-refractivity contribution >= 4 is 17.7 Å². The van der Waals surface area contributed by atoms with Crippen LogP contribution in [0.3, 0.4) is 0 Å². The normalized spacial score (nSPS) is 24.3. The highest BCUT2D eigenvalue weighted by Gasteiger charge is 2.20. The van der Waals surface area contributed by atoms with Gasteiger partial charge in [-0.3, -0.25) is 4.79 Å². The van der Waals surface area contributed by atoms with Crippen LogP contribution in [0.25, 0.3) is 0 Å². The van der Waals surface area contributed by atoms with Crippen LogP contribution in [0.4, 0.5) is 0 Å². The average Bonchev–Trinajstić information content (AvgIpc) is 2.26. The number of hydrogen-bond acceptors (Lipinski definition) is 3. The first-order valence-corrected chi connectivity index (χ1v) is 6.54. The van der Waals surface area contributed by atoms with Crippen molar-refractivity contribution in [2.24, 2.45) is 5.92 Å². The van der Waals surface area contributed by atoms with Crippen LogP contribution in [0.5, 0.6) is 0 Å². The van der Waals surface area contributed by atoms with Crippen molar-refractivity contribution in [3.8, 4) is 0 Å². The lowest BCUT2D eigenvalue weighted by Crippen LogP contribution is -2.42. The van der Waals surface area contributed by atoms with E-state index >= 15 is 0 Å². The molecule has 14 heavy (non-hydrogen) atoms. The van der Waals surface area contributed by atoms with Gasteiger partial charge in [0.15, 0.2) is 0 Å². The third-order valence-electron chi connectivity index (χ3n) is 2.63. The summed E-state index contributed by atoms with van der Waals surface area (Å²) in [6.07, 6.45) is 4.22. The van der Waals surface area contributed by atoms with E-state index < -0.39 is 0 Å². The van der Waals surface area contributed by atoms with Gasteiger partial charge >= 0.3 is 0 Å². The molecule has 4 heteroatoms. The lowest BCUT2D eigenvalue weighted by atomic mass is 9.99. The summed E-state index contributed by atoms with van der Waals surface area (Å²) in [4.78, 5) is 11.7. The Bertz CT molecular complexity index is 181. The zero-order chi connectivity index (χ0) is 10.4. The summed E-state index contributed by atoms with van der Waals surface area (Å²) in [6, 6.07) is 0. The third-order valence-corrected chi connectivity index (χ3v) is 3.61. The molecule has 1 saturated heterocycles. The lowest BCUT2D eigenvalue weighted by molar-refractivity contribution is -0.125. The van der Waals surface area contributed by atoms with Crippen LogP contribution in [0.2, 0.25) is 0 Å².